The monoisotopic (exact) mass is 296 g/mol. The lowest BCUT2D eigenvalue weighted by Gasteiger charge is -2.20. The smallest absolute Gasteiger partial charge is 0.0654 e. The summed E-state index contributed by atoms with van der Waals surface area (Å²) in [7, 11) is 0. The van der Waals surface area contributed by atoms with Gasteiger partial charge in [-0.25, -0.2) is 4.68 Å². The van der Waals surface area contributed by atoms with Gasteiger partial charge in [0.25, 0.3) is 0 Å². The summed E-state index contributed by atoms with van der Waals surface area (Å²) in [4.78, 5) is 0. The molecule has 0 aliphatic carbocycles. The van der Waals surface area contributed by atoms with Gasteiger partial charge >= 0.3 is 0 Å². The average molecular weight is 296 g/mol. The van der Waals surface area contributed by atoms with Crippen molar-refractivity contribution in [1.29, 1.82) is 0 Å². The number of aromatic nitrogens is 2. The van der Waals surface area contributed by atoms with Crippen molar-refractivity contribution in [2.24, 2.45) is 0 Å². The maximum atomic E-state index is 4.60. The van der Waals surface area contributed by atoms with Crippen molar-refractivity contribution < 1.29 is 0 Å². The van der Waals surface area contributed by atoms with E-state index < -0.39 is 0 Å². The molecule has 1 aromatic carbocycles. The minimum atomic E-state index is 0.746. The van der Waals surface area contributed by atoms with Crippen LogP contribution in [-0.4, -0.2) is 20.3 Å². The number of hydrogen-bond acceptors (Lipinski definition) is 2. The lowest BCUT2D eigenvalue weighted by atomic mass is 10.0. The second-order valence-corrected chi connectivity index (χ2v) is 7.70. The van der Waals surface area contributed by atoms with E-state index in [9.17, 15) is 0 Å². The van der Waals surface area contributed by atoms with E-state index in [2.05, 4.69) is 60.2 Å². The number of thioether (sulfide) groups is 1. The number of benzene rings is 1. The molecule has 2 aliphatic heterocycles. The Bertz CT molecular complexity index is 714. The van der Waals surface area contributed by atoms with Crippen LogP contribution in [0.3, 0.4) is 0 Å². The highest BCUT2D eigenvalue weighted by atomic mass is 32.2. The zero-order chi connectivity index (χ0) is 14.4. The molecule has 1 aromatic heterocycles. The summed E-state index contributed by atoms with van der Waals surface area (Å²) in [5.41, 5.74) is 6.34. The molecule has 4 rings (SSSR count). The first kappa shape index (κ1) is 13.2. The Hall–Kier alpha value is -1.48. The standard InChI is InChI=1S/C18H20N2S/c1-12-8-13(2)20(19-12)16-5-3-4-14(9-16)15-10-17-6-7-18(11-15)21-17/h3-5,8-10,17-18H,6-7,11H2,1-2H3. The summed E-state index contributed by atoms with van der Waals surface area (Å²) in [6.07, 6.45) is 6.46. The van der Waals surface area contributed by atoms with Crippen LogP contribution in [0.2, 0.25) is 0 Å². The highest BCUT2D eigenvalue weighted by Gasteiger charge is 2.29. The third-order valence-electron chi connectivity index (χ3n) is 4.45. The van der Waals surface area contributed by atoms with E-state index in [0.29, 0.717) is 0 Å². The minimum absolute atomic E-state index is 0.746. The summed E-state index contributed by atoms with van der Waals surface area (Å²) in [6.45, 7) is 4.16. The zero-order valence-electron chi connectivity index (χ0n) is 12.5. The fraction of sp³-hybridized carbons (Fsp3) is 0.389. The molecule has 2 aliphatic rings. The average Bonchev–Trinajstić information content (AvgIpc) is 3.00. The zero-order valence-corrected chi connectivity index (χ0v) is 13.4. The fourth-order valence-electron chi connectivity index (χ4n) is 3.49. The Morgan fingerprint density at radius 1 is 1.19 bits per heavy atom. The van der Waals surface area contributed by atoms with Gasteiger partial charge in [0.2, 0.25) is 0 Å². The van der Waals surface area contributed by atoms with Crippen LogP contribution in [0.4, 0.5) is 0 Å². The molecule has 2 nitrogen and oxygen atoms in total. The second-order valence-electron chi connectivity index (χ2n) is 6.16. The molecule has 2 unspecified atom stereocenters. The van der Waals surface area contributed by atoms with Gasteiger partial charge in [0, 0.05) is 16.2 Å². The number of rotatable bonds is 2. The molecule has 2 atom stereocenters. The lowest BCUT2D eigenvalue weighted by molar-refractivity contribution is 0.789. The summed E-state index contributed by atoms with van der Waals surface area (Å²) < 4.78 is 2.05. The molecular formula is C18H20N2S. The first-order valence-electron chi connectivity index (χ1n) is 7.69. The molecule has 21 heavy (non-hydrogen) atoms. The number of fused-ring (bicyclic) bond motifs is 2. The van der Waals surface area contributed by atoms with Crippen LogP contribution in [-0.2, 0) is 0 Å². The van der Waals surface area contributed by atoms with Crippen LogP contribution in [0.1, 0.15) is 36.2 Å². The van der Waals surface area contributed by atoms with Crippen LogP contribution in [0.5, 0.6) is 0 Å². The summed E-state index contributed by atoms with van der Waals surface area (Å²) in [6, 6.07) is 11.0. The Labute approximate surface area is 130 Å². The Kier molecular flexibility index (Phi) is 3.18. The summed E-state index contributed by atoms with van der Waals surface area (Å²) in [5.74, 6) is 0. The normalized spacial score (nSPS) is 24.2. The maximum Gasteiger partial charge on any atom is 0.0654 e. The van der Waals surface area contributed by atoms with Crippen molar-refractivity contribution in [3.05, 3.63) is 53.4 Å². The lowest BCUT2D eigenvalue weighted by Crippen LogP contribution is -2.06. The van der Waals surface area contributed by atoms with Gasteiger partial charge in [0.05, 0.1) is 11.4 Å². The number of hydrogen-bond donors (Lipinski definition) is 0. The predicted molar refractivity (Wildman–Crippen MR) is 90.0 cm³/mol. The van der Waals surface area contributed by atoms with E-state index in [1.807, 2.05) is 11.6 Å². The highest BCUT2D eigenvalue weighted by Crippen LogP contribution is 2.45. The van der Waals surface area contributed by atoms with Crippen molar-refractivity contribution in [1.82, 2.24) is 9.78 Å². The summed E-state index contributed by atoms with van der Waals surface area (Å²) >= 11 is 2.16. The van der Waals surface area contributed by atoms with Gasteiger partial charge in [-0.1, -0.05) is 18.2 Å². The van der Waals surface area contributed by atoms with Crippen LogP contribution >= 0.6 is 11.8 Å². The Balaban J connectivity index is 1.72. The van der Waals surface area contributed by atoms with E-state index in [4.69, 9.17) is 0 Å². The molecule has 0 radical (unpaired) electrons. The van der Waals surface area contributed by atoms with Gasteiger partial charge < -0.3 is 0 Å². The molecule has 108 valence electrons. The molecular weight excluding hydrogens is 276 g/mol. The van der Waals surface area contributed by atoms with Crippen molar-refractivity contribution in [2.45, 2.75) is 43.6 Å². The van der Waals surface area contributed by atoms with E-state index in [1.54, 1.807) is 0 Å². The third-order valence-corrected chi connectivity index (χ3v) is 5.95. The number of aryl methyl sites for hydroxylation is 2. The minimum Gasteiger partial charge on any atom is -0.238 e. The molecule has 0 spiro atoms. The van der Waals surface area contributed by atoms with Gasteiger partial charge in [-0.2, -0.15) is 16.9 Å². The van der Waals surface area contributed by atoms with Crippen LogP contribution in [0.15, 0.2) is 36.4 Å². The summed E-state index contributed by atoms with van der Waals surface area (Å²) in [5, 5.41) is 6.19. The molecule has 0 saturated carbocycles. The predicted octanol–water partition coefficient (Wildman–Crippen LogP) is 4.54. The molecule has 0 amide bonds. The SMILES string of the molecule is Cc1cc(C)n(-c2cccc(C3=CC4CCC(C3)S4)c2)n1. The van der Waals surface area contributed by atoms with Gasteiger partial charge in [-0.15, -0.1) is 0 Å². The Morgan fingerprint density at radius 3 is 2.86 bits per heavy atom. The molecule has 0 N–H and O–H groups in total. The first-order chi connectivity index (χ1) is 10.2. The van der Waals surface area contributed by atoms with E-state index >= 15 is 0 Å². The first-order valence-corrected chi connectivity index (χ1v) is 8.63. The number of allylic oxidation sites excluding steroid dienone is 1. The van der Waals surface area contributed by atoms with Crippen LogP contribution in [0.25, 0.3) is 11.3 Å². The van der Waals surface area contributed by atoms with Crippen LogP contribution < -0.4 is 0 Å². The molecule has 2 bridgehead atoms. The van der Waals surface area contributed by atoms with E-state index in [-0.39, 0.29) is 0 Å². The molecule has 3 heteroatoms. The van der Waals surface area contributed by atoms with Crippen molar-refractivity contribution >= 4 is 17.3 Å². The fourth-order valence-corrected chi connectivity index (χ4v) is 5.04. The van der Waals surface area contributed by atoms with Gasteiger partial charge in [-0.3, -0.25) is 0 Å². The van der Waals surface area contributed by atoms with Crippen LogP contribution in [0, 0.1) is 13.8 Å². The highest BCUT2D eigenvalue weighted by molar-refractivity contribution is 8.01. The largest absolute Gasteiger partial charge is 0.238 e. The van der Waals surface area contributed by atoms with Gasteiger partial charge in [-0.05, 0) is 62.4 Å². The van der Waals surface area contributed by atoms with Crippen molar-refractivity contribution in [2.75, 3.05) is 0 Å². The van der Waals surface area contributed by atoms with Crippen molar-refractivity contribution in [3.8, 4) is 5.69 Å². The van der Waals surface area contributed by atoms with Gasteiger partial charge in [0.1, 0.15) is 0 Å². The molecule has 3 heterocycles. The quantitative estimate of drug-likeness (QED) is 0.809. The van der Waals surface area contributed by atoms with E-state index in [0.717, 1.165) is 16.2 Å². The topological polar surface area (TPSA) is 17.8 Å². The molecule has 2 aromatic rings. The molecule has 1 saturated heterocycles. The maximum absolute atomic E-state index is 4.60. The van der Waals surface area contributed by atoms with Gasteiger partial charge in [0.15, 0.2) is 0 Å². The number of nitrogens with zero attached hydrogens (tertiary/aromatic N) is 2. The van der Waals surface area contributed by atoms with E-state index in [1.165, 1.54) is 41.8 Å². The second kappa shape index (κ2) is 5.06. The Morgan fingerprint density at radius 2 is 2.10 bits per heavy atom. The molecule has 1 fully saturated rings. The third kappa shape index (κ3) is 2.44. The van der Waals surface area contributed by atoms with Crippen molar-refractivity contribution in [3.63, 3.8) is 0 Å².